The van der Waals surface area contributed by atoms with Crippen LogP contribution in [0.3, 0.4) is 0 Å². The topological polar surface area (TPSA) is 78.9 Å². The van der Waals surface area contributed by atoms with Crippen LogP contribution in [-0.4, -0.2) is 24.0 Å². The zero-order valence-corrected chi connectivity index (χ0v) is 11.1. The average molecular weight is 275 g/mol. The number of thiophene rings is 1. The van der Waals surface area contributed by atoms with Crippen molar-refractivity contribution < 1.29 is 10.0 Å². The molecule has 98 valence electrons. The van der Waals surface area contributed by atoms with Crippen LogP contribution in [0.5, 0.6) is 0 Å². The highest BCUT2D eigenvalue weighted by atomic mass is 32.1. The molecule has 0 aliphatic heterocycles. The number of hydrogen-bond acceptors (Lipinski definition) is 4. The van der Waals surface area contributed by atoms with Crippen LogP contribution in [0.1, 0.15) is 15.9 Å². The Kier molecular flexibility index (Phi) is 3.82. The number of carbonyl (C=O) groups is 1. The molecule has 5 nitrogen and oxygen atoms in total. The molecular formula is C13H13N3O2S. The molecule has 0 atom stereocenters. The SMILES string of the molecule is CN(C(=O)c1ccsc1)c1ccc(C(N)=NO)cc1. The average Bonchev–Trinajstić information content (AvgIpc) is 2.99. The summed E-state index contributed by atoms with van der Waals surface area (Å²) >= 11 is 1.48. The van der Waals surface area contributed by atoms with Crippen LogP contribution in [0.25, 0.3) is 0 Å². The number of nitrogens with two attached hydrogens (primary N) is 1. The maximum atomic E-state index is 12.1. The summed E-state index contributed by atoms with van der Waals surface area (Å²) in [6, 6.07) is 8.67. The molecule has 1 aromatic carbocycles. The highest BCUT2D eigenvalue weighted by Crippen LogP contribution is 2.17. The second-order valence-electron chi connectivity index (χ2n) is 3.91. The largest absolute Gasteiger partial charge is 0.409 e. The number of amides is 1. The fraction of sp³-hybridized carbons (Fsp3) is 0.0769. The minimum atomic E-state index is -0.0715. The fourth-order valence-electron chi connectivity index (χ4n) is 1.61. The summed E-state index contributed by atoms with van der Waals surface area (Å²) in [5, 5.41) is 15.2. The van der Waals surface area contributed by atoms with Crippen molar-refractivity contribution >= 4 is 28.8 Å². The maximum absolute atomic E-state index is 12.1. The first kappa shape index (κ1) is 13.1. The van der Waals surface area contributed by atoms with E-state index in [2.05, 4.69) is 5.16 Å². The van der Waals surface area contributed by atoms with Gasteiger partial charge in [0, 0.05) is 23.7 Å². The van der Waals surface area contributed by atoms with E-state index in [4.69, 9.17) is 10.9 Å². The van der Waals surface area contributed by atoms with Crippen molar-refractivity contribution in [2.45, 2.75) is 0 Å². The lowest BCUT2D eigenvalue weighted by Gasteiger charge is -2.16. The van der Waals surface area contributed by atoms with Crippen LogP contribution in [0.15, 0.2) is 46.2 Å². The Hall–Kier alpha value is -2.34. The van der Waals surface area contributed by atoms with E-state index in [1.54, 1.807) is 42.3 Å². The monoisotopic (exact) mass is 275 g/mol. The highest BCUT2D eigenvalue weighted by molar-refractivity contribution is 7.08. The van der Waals surface area contributed by atoms with Gasteiger partial charge in [-0.25, -0.2) is 0 Å². The number of amidine groups is 1. The Balaban J connectivity index is 2.20. The Bertz CT molecular complexity index is 591. The molecule has 0 aliphatic rings. The molecule has 0 unspecified atom stereocenters. The van der Waals surface area contributed by atoms with Crippen LogP contribution in [0, 0.1) is 0 Å². The smallest absolute Gasteiger partial charge is 0.258 e. The Labute approximate surface area is 114 Å². The van der Waals surface area contributed by atoms with Gasteiger partial charge < -0.3 is 15.8 Å². The van der Waals surface area contributed by atoms with Gasteiger partial charge in [0.25, 0.3) is 5.91 Å². The standard InChI is InChI=1S/C13H13N3O2S/c1-16(13(17)10-6-7-19-8-10)11-4-2-9(3-5-11)12(14)15-18/h2-8,18H,1H3,(H2,14,15). The highest BCUT2D eigenvalue weighted by Gasteiger charge is 2.13. The van der Waals surface area contributed by atoms with Gasteiger partial charge in [0.05, 0.1) is 5.56 Å². The van der Waals surface area contributed by atoms with Gasteiger partial charge in [0.2, 0.25) is 0 Å². The lowest BCUT2D eigenvalue weighted by molar-refractivity contribution is 0.0993. The van der Waals surface area contributed by atoms with Gasteiger partial charge in [0.15, 0.2) is 5.84 Å². The van der Waals surface area contributed by atoms with E-state index in [-0.39, 0.29) is 11.7 Å². The molecule has 0 radical (unpaired) electrons. The minimum absolute atomic E-state index is 0.0402. The summed E-state index contributed by atoms with van der Waals surface area (Å²) in [7, 11) is 1.71. The molecule has 0 fully saturated rings. The van der Waals surface area contributed by atoms with Crippen molar-refractivity contribution in [1.82, 2.24) is 0 Å². The minimum Gasteiger partial charge on any atom is -0.409 e. The van der Waals surface area contributed by atoms with Gasteiger partial charge in [-0.1, -0.05) is 5.16 Å². The molecule has 6 heteroatoms. The number of hydrogen-bond donors (Lipinski definition) is 2. The van der Waals surface area contributed by atoms with Crippen molar-refractivity contribution in [2.75, 3.05) is 11.9 Å². The molecular weight excluding hydrogens is 262 g/mol. The first-order valence-electron chi connectivity index (χ1n) is 5.51. The predicted octanol–water partition coefficient (Wildman–Crippen LogP) is 2.12. The van der Waals surface area contributed by atoms with Crippen LogP contribution in [0.4, 0.5) is 5.69 Å². The lowest BCUT2D eigenvalue weighted by Crippen LogP contribution is -2.25. The molecule has 0 saturated heterocycles. The summed E-state index contributed by atoms with van der Waals surface area (Å²) in [5.74, 6) is -0.0313. The van der Waals surface area contributed by atoms with Crippen molar-refractivity contribution in [2.24, 2.45) is 10.9 Å². The second-order valence-corrected chi connectivity index (χ2v) is 4.69. The van der Waals surface area contributed by atoms with Crippen LogP contribution in [0.2, 0.25) is 0 Å². The van der Waals surface area contributed by atoms with Crippen LogP contribution < -0.4 is 10.6 Å². The first-order valence-corrected chi connectivity index (χ1v) is 6.46. The summed E-state index contributed by atoms with van der Waals surface area (Å²) in [5.41, 5.74) is 7.48. The summed E-state index contributed by atoms with van der Waals surface area (Å²) in [6.07, 6.45) is 0. The van der Waals surface area contributed by atoms with E-state index in [0.717, 1.165) is 5.69 Å². The third-order valence-corrected chi connectivity index (χ3v) is 3.41. The number of nitrogens with zero attached hydrogens (tertiary/aromatic N) is 2. The van der Waals surface area contributed by atoms with Gasteiger partial charge in [-0.3, -0.25) is 4.79 Å². The number of oxime groups is 1. The normalized spacial score (nSPS) is 11.3. The summed E-state index contributed by atoms with van der Waals surface area (Å²) in [4.78, 5) is 13.7. The number of anilines is 1. The van der Waals surface area contributed by atoms with E-state index < -0.39 is 0 Å². The zero-order valence-electron chi connectivity index (χ0n) is 10.3. The molecule has 3 N–H and O–H groups in total. The van der Waals surface area contributed by atoms with E-state index >= 15 is 0 Å². The molecule has 0 bridgehead atoms. The molecule has 1 amide bonds. The molecule has 1 aromatic heterocycles. The van der Waals surface area contributed by atoms with Gasteiger partial charge in [-0.2, -0.15) is 11.3 Å². The van der Waals surface area contributed by atoms with E-state index in [9.17, 15) is 4.79 Å². The third kappa shape index (κ3) is 2.74. The molecule has 0 saturated carbocycles. The second kappa shape index (κ2) is 5.53. The predicted molar refractivity (Wildman–Crippen MR) is 76.0 cm³/mol. The Morgan fingerprint density at radius 1 is 1.26 bits per heavy atom. The summed E-state index contributed by atoms with van der Waals surface area (Å²) in [6.45, 7) is 0. The van der Waals surface area contributed by atoms with Gasteiger partial charge in [-0.05, 0) is 35.7 Å². The van der Waals surface area contributed by atoms with E-state index in [1.807, 2.05) is 10.8 Å². The van der Waals surface area contributed by atoms with Crippen molar-refractivity contribution in [3.05, 3.63) is 52.2 Å². The molecule has 2 rings (SSSR count). The molecule has 2 aromatic rings. The van der Waals surface area contributed by atoms with Gasteiger partial charge >= 0.3 is 0 Å². The fourth-order valence-corrected chi connectivity index (χ4v) is 2.24. The van der Waals surface area contributed by atoms with Crippen LogP contribution in [-0.2, 0) is 0 Å². The van der Waals surface area contributed by atoms with Crippen molar-refractivity contribution in [1.29, 1.82) is 0 Å². The summed E-state index contributed by atoms with van der Waals surface area (Å²) < 4.78 is 0. The number of carbonyl (C=O) groups excluding carboxylic acids is 1. The van der Waals surface area contributed by atoms with Gasteiger partial charge in [0.1, 0.15) is 0 Å². The van der Waals surface area contributed by atoms with E-state index in [0.29, 0.717) is 11.1 Å². The number of rotatable bonds is 3. The van der Waals surface area contributed by atoms with Crippen LogP contribution >= 0.6 is 11.3 Å². The maximum Gasteiger partial charge on any atom is 0.258 e. The first-order chi connectivity index (χ1) is 9.13. The zero-order chi connectivity index (χ0) is 13.8. The van der Waals surface area contributed by atoms with Crippen molar-refractivity contribution in [3.8, 4) is 0 Å². The molecule has 19 heavy (non-hydrogen) atoms. The lowest BCUT2D eigenvalue weighted by atomic mass is 10.1. The van der Waals surface area contributed by atoms with E-state index in [1.165, 1.54) is 11.3 Å². The Morgan fingerprint density at radius 3 is 2.47 bits per heavy atom. The third-order valence-electron chi connectivity index (χ3n) is 2.73. The number of benzene rings is 1. The van der Waals surface area contributed by atoms with Crippen molar-refractivity contribution in [3.63, 3.8) is 0 Å². The molecule has 1 heterocycles. The quantitative estimate of drug-likeness (QED) is 0.390. The molecule has 0 aliphatic carbocycles. The van der Waals surface area contributed by atoms with Gasteiger partial charge in [-0.15, -0.1) is 0 Å². The Morgan fingerprint density at radius 2 is 1.95 bits per heavy atom. The molecule has 0 spiro atoms.